The molecule has 0 saturated heterocycles. The Labute approximate surface area is 123 Å². The topological polar surface area (TPSA) is 58.9 Å². The van der Waals surface area contributed by atoms with Gasteiger partial charge in [-0.05, 0) is 0 Å². The molecule has 2 N–H and O–H groups in total. The molecule has 0 saturated carbocycles. The molecule has 0 fully saturated rings. The molecule has 146 valence electrons. The summed E-state index contributed by atoms with van der Waals surface area (Å²) in [6.45, 7) is -6.00. The van der Waals surface area contributed by atoms with Crippen molar-refractivity contribution in [1.29, 1.82) is 0 Å². The molecule has 0 amide bonds. The fourth-order valence-corrected chi connectivity index (χ4v) is 0.885. The van der Waals surface area contributed by atoms with Gasteiger partial charge in [0.25, 0.3) is 0 Å². The maximum Gasteiger partial charge on any atom is 0.451 e. The first kappa shape index (κ1) is 23.0. The van der Waals surface area contributed by atoms with E-state index in [1.807, 2.05) is 9.47 Å². The number of alkyl halides is 12. The molecule has 24 heavy (non-hydrogen) atoms. The van der Waals surface area contributed by atoms with Crippen LogP contribution in [0.25, 0.3) is 0 Å². The van der Waals surface area contributed by atoms with Crippen LogP contribution in [0.4, 0.5) is 52.7 Å². The highest BCUT2D eigenvalue weighted by Gasteiger charge is 2.74. The number of rotatable bonds is 7. The van der Waals surface area contributed by atoms with Crippen LogP contribution < -0.4 is 0 Å². The van der Waals surface area contributed by atoms with Crippen molar-refractivity contribution in [2.75, 3.05) is 13.2 Å². The summed E-state index contributed by atoms with van der Waals surface area (Å²) in [4.78, 5) is 0. The first-order chi connectivity index (χ1) is 10.3. The highest BCUT2D eigenvalue weighted by atomic mass is 19.4. The molecular formula is C8H6F12O4. The average molecular weight is 394 g/mol. The molecule has 0 spiro atoms. The normalized spacial score (nSPS) is 19.8. The van der Waals surface area contributed by atoms with Crippen LogP contribution in [0.15, 0.2) is 0 Å². The fourth-order valence-electron chi connectivity index (χ4n) is 0.885. The summed E-state index contributed by atoms with van der Waals surface area (Å²) in [6, 6.07) is 0. The van der Waals surface area contributed by atoms with Crippen molar-refractivity contribution in [2.24, 2.45) is 0 Å². The molecule has 0 aliphatic rings. The van der Waals surface area contributed by atoms with Crippen LogP contribution in [-0.2, 0) is 9.47 Å². The lowest BCUT2D eigenvalue weighted by Gasteiger charge is -2.36. The lowest BCUT2D eigenvalue weighted by atomic mass is 10.3. The minimum atomic E-state index is -6.85. The van der Waals surface area contributed by atoms with E-state index in [1.165, 1.54) is 0 Å². The second kappa shape index (κ2) is 6.38. The van der Waals surface area contributed by atoms with Gasteiger partial charge in [0.05, 0.1) is 0 Å². The predicted molar refractivity (Wildman–Crippen MR) is 46.0 cm³/mol. The lowest BCUT2D eigenvalue weighted by Crippen LogP contribution is -2.60. The largest absolute Gasteiger partial charge is 0.451 e. The molecule has 2 atom stereocenters. The molecule has 2 unspecified atom stereocenters. The van der Waals surface area contributed by atoms with Gasteiger partial charge in [-0.25, -0.2) is 0 Å². The number of aliphatic hydroxyl groups is 2. The molecule has 0 bridgehead atoms. The van der Waals surface area contributed by atoms with Crippen molar-refractivity contribution in [2.45, 2.75) is 36.3 Å². The fraction of sp³-hybridized carbons (Fsp3) is 1.00. The van der Waals surface area contributed by atoms with Crippen LogP contribution in [0.1, 0.15) is 0 Å². The van der Waals surface area contributed by atoms with Gasteiger partial charge < -0.3 is 10.2 Å². The highest BCUT2D eigenvalue weighted by Crippen LogP contribution is 2.48. The smallest absolute Gasteiger partial charge is 0.390 e. The van der Waals surface area contributed by atoms with E-state index in [0.29, 0.717) is 0 Å². The van der Waals surface area contributed by atoms with E-state index >= 15 is 0 Å². The summed E-state index contributed by atoms with van der Waals surface area (Å²) in [5.41, 5.74) is 0. The van der Waals surface area contributed by atoms with Gasteiger partial charge in [-0.2, -0.15) is 52.7 Å². The van der Waals surface area contributed by atoms with E-state index in [2.05, 4.69) is 0 Å². The van der Waals surface area contributed by atoms with E-state index in [9.17, 15) is 52.7 Å². The van der Waals surface area contributed by atoms with Crippen LogP contribution in [0, 0.1) is 0 Å². The van der Waals surface area contributed by atoms with Gasteiger partial charge in [-0.1, -0.05) is 0 Å². The molecule has 16 heteroatoms. The van der Waals surface area contributed by atoms with Crippen LogP contribution in [0.2, 0.25) is 0 Å². The predicted octanol–water partition coefficient (Wildman–Crippen LogP) is 2.65. The van der Waals surface area contributed by atoms with Crippen LogP contribution in [-0.4, -0.2) is 59.7 Å². The first-order valence-corrected chi connectivity index (χ1v) is 5.17. The Morgan fingerprint density at radius 2 is 0.708 bits per heavy atom. The van der Waals surface area contributed by atoms with Crippen LogP contribution >= 0.6 is 0 Å². The number of halogens is 12. The molecule has 4 nitrogen and oxygen atoms in total. The molecule has 0 heterocycles. The summed E-state index contributed by atoms with van der Waals surface area (Å²) in [7, 11) is 0. The highest BCUT2D eigenvalue weighted by molar-refractivity contribution is 4.84. The Hall–Kier alpha value is -1.00. The Bertz CT molecular complexity index is 394. The molecule has 0 rings (SSSR count). The molecule has 0 aliphatic carbocycles. The Morgan fingerprint density at radius 3 is 0.833 bits per heavy atom. The maximum atomic E-state index is 13.0. The second-order valence-corrected chi connectivity index (χ2v) is 4.01. The second-order valence-electron chi connectivity index (χ2n) is 4.01. The zero-order chi connectivity index (χ0) is 19.8. The molecular weight excluding hydrogens is 388 g/mol. The lowest BCUT2D eigenvalue weighted by molar-refractivity contribution is -0.526. The number of aliphatic hydroxyl groups excluding tert-OH is 2. The monoisotopic (exact) mass is 394 g/mol. The van der Waals surface area contributed by atoms with Gasteiger partial charge in [0.2, 0.25) is 0 Å². The zero-order valence-corrected chi connectivity index (χ0v) is 10.7. The van der Waals surface area contributed by atoms with E-state index in [0.717, 1.165) is 0 Å². The maximum absolute atomic E-state index is 13.0. The van der Waals surface area contributed by atoms with Gasteiger partial charge in [0.1, 0.15) is 13.2 Å². The summed E-state index contributed by atoms with van der Waals surface area (Å²) < 4.78 is 154. The molecule has 0 radical (unpaired) electrons. The molecule has 0 aromatic carbocycles. The van der Waals surface area contributed by atoms with Crippen LogP contribution in [0.5, 0.6) is 0 Å². The Balaban J connectivity index is 5.69. The summed E-state index contributed by atoms with van der Waals surface area (Å²) in [5.74, 6) is -11.7. The number of hydrogen-bond acceptors (Lipinski definition) is 4. The van der Waals surface area contributed by atoms with Crippen molar-refractivity contribution in [3.8, 4) is 0 Å². The van der Waals surface area contributed by atoms with Crippen molar-refractivity contribution >= 4 is 0 Å². The van der Waals surface area contributed by atoms with Crippen molar-refractivity contribution < 1.29 is 72.4 Å². The van der Waals surface area contributed by atoms with Crippen molar-refractivity contribution in [1.82, 2.24) is 0 Å². The van der Waals surface area contributed by atoms with Gasteiger partial charge >= 0.3 is 36.3 Å². The molecule has 0 aliphatic heterocycles. The average Bonchev–Trinajstić information content (AvgIpc) is 2.34. The number of hydrogen-bond donors (Lipinski definition) is 2. The minimum absolute atomic E-state index is 2.04. The van der Waals surface area contributed by atoms with Crippen LogP contribution in [0.3, 0.4) is 0 Å². The summed E-state index contributed by atoms with van der Waals surface area (Å²) >= 11 is 0. The van der Waals surface area contributed by atoms with Gasteiger partial charge in [0.15, 0.2) is 0 Å². The van der Waals surface area contributed by atoms with Crippen molar-refractivity contribution in [3.05, 3.63) is 0 Å². The SMILES string of the molecule is OCC(F)(OC(F)(F)C(F)(F)OC(F)(CO)C(F)(F)F)C(F)(F)F. The third-order valence-corrected chi connectivity index (χ3v) is 2.17. The summed E-state index contributed by atoms with van der Waals surface area (Å²) in [5, 5.41) is 16.0. The van der Waals surface area contributed by atoms with Gasteiger partial charge in [-0.15, -0.1) is 0 Å². The molecule has 0 aromatic rings. The van der Waals surface area contributed by atoms with E-state index in [4.69, 9.17) is 10.2 Å². The molecule has 0 aromatic heterocycles. The Kier molecular flexibility index (Phi) is 6.11. The third kappa shape index (κ3) is 4.34. The quantitative estimate of drug-likeness (QED) is 0.653. The standard InChI is InChI=1S/C8H6F12O4/c9-3(1-21,5(11,12)13)23-7(17,18)8(19,20)24-4(10,2-22)6(14,15)16/h21-22H,1-2H2. The van der Waals surface area contributed by atoms with E-state index in [1.54, 1.807) is 0 Å². The van der Waals surface area contributed by atoms with E-state index < -0.39 is 49.5 Å². The minimum Gasteiger partial charge on any atom is -0.390 e. The Morgan fingerprint density at radius 1 is 0.500 bits per heavy atom. The first-order valence-electron chi connectivity index (χ1n) is 5.17. The summed E-state index contributed by atoms with van der Waals surface area (Å²) in [6.07, 6.45) is -26.8. The third-order valence-electron chi connectivity index (χ3n) is 2.17. The zero-order valence-electron chi connectivity index (χ0n) is 10.7. The van der Waals surface area contributed by atoms with E-state index in [-0.39, 0.29) is 0 Å². The number of ether oxygens (including phenoxy) is 2. The van der Waals surface area contributed by atoms with Crippen molar-refractivity contribution in [3.63, 3.8) is 0 Å². The van der Waals surface area contributed by atoms with Gasteiger partial charge in [-0.3, -0.25) is 9.47 Å². The van der Waals surface area contributed by atoms with Gasteiger partial charge in [0, 0.05) is 0 Å².